The van der Waals surface area contributed by atoms with Crippen molar-refractivity contribution in [1.82, 2.24) is 5.32 Å². The molecule has 0 spiro atoms. The molecule has 9 heteroatoms. The first-order valence-corrected chi connectivity index (χ1v) is 8.13. The molecule has 18 heavy (non-hydrogen) atoms. The fraction of sp³-hybridized carbons (Fsp3) is 0.556. The van der Waals surface area contributed by atoms with Crippen LogP contribution in [0.5, 0.6) is 0 Å². The molecule has 0 bridgehead atoms. The Balaban J connectivity index is 4.13. The summed E-state index contributed by atoms with van der Waals surface area (Å²) in [5.41, 5.74) is 5.23. The summed E-state index contributed by atoms with van der Waals surface area (Å²) in [6.45, 7) is 0. The molecular formula is C9H14N2O5Se2. The number of rotatable bonds is 9. The zero-order valence-corrected chi connectivity index (χ0v) is 12.8. The van der Waals surface area contributed by atoms with Gasteiger partial charge >= 0.3 is 118 Å². The van der Waals surface area contributed by atoms with Gasteiger partial charge in [0, 0.05) is 0 Å². The minimum atomic E-state index is -1.18. The second kappa shape index (κ2) is 9.24. The van der Waals surface area contributed by atoms with Crippen LogP contribution in [0.3, 0.4) is 0 Å². The Labute approximate surface area is 118 Å². The van der Waals surface area contributed by atoms with Crippen LogP contribution >= 0.6 is 0 Å². The van der Waals surface area contributed by atoms with E-state index in [0.29, 0.717) is 5.32 Å². The molecule has 0 aliphatic heterocycles. The van der Waals surface area contributed by atoms with Crippen molar-refractivity contribution in [1.29, 1.82) is 0 Å². The van der Waals surface area contributed by atoms with Gasteiger partial charge < -0.3 is 0 Å². The Hall–Kier alpha value is -0.721. The van der Waals surface area contributed by atoms with Gasteiger partial charge in [-0.3, -0.25) is 0 Å². The molecule has 0 aromatic carbocycles. The summed E-state index contributed by atoms with van der Waals surface area (Å²) in [5, 5.41) is 20.1. The first-order chi connectivity index (χ1) is 8.38. The minimum absolute atomic E-state index is 0.00615. The van der Waals surface area contributed by atoms with E-state index in [1.165, 1.54) is 0 Å². The first kappa shape index (κ1) is 17.3. The number of nitrogens with one attached hydrogen (secondary N) is 1. The number of amides is 1. The van der Waals surface area contributed by atoms with Crippen molar-refractivity contribution in [3.05, 3.63) is 0 Å². The summed E-state index contributed by atoms with van der Waals surface area (Å²) < 4.78 is 1.75. The summed E-state index contributed by atoms with van der Waals surface area (Å²) in [7, 11) is 0. The van der Waals surface area contributed by atoms with E-state index in [2.05, 4.69) is 20.9 Å². The van der Waals surface area contributed by atoms with E-state index in [1.807, 2.05) is 0 Å². The van der Waals surface area contributed by atoms with E-state index in [0.717, 1.165) is 0 Å². The van der Waals surface area contributed by atoms with Crippen LogP contribution in [-0.2, 0) is 14.4 Å². The van der Waals surface area contributed by atoms with Crippen molar-refractivity contribution in [2.24, 2.45) is 5.73 Å². The summed E-state index contributed by atoms with van der Waals surface area (Å²) >= 11 is 2.65. The van der Waals surface area contributed by atoms with Gasteiger partial charge in [0.25, 0.3) is 0 Å². The molecule has 0 saturated carbocycles. The monoisotopic (exact) mass is 390 g/mol. The molecule has 0 aromatic heterocycles. The standard InChI is InChI=1S/C9H14N2O5Se2/c10-5(8(13)14)1-2-7(12)11-6(9(15)16)3-18-4-17/h4-6H,1-3,10H2,(H,11,12)(H,13,14)(H,15,16)/t5-,6+/m0/s1. The molecule has 0 aliphatic carbocycles. The van der Waals surface area contributed by atoms with Gasteiger partial charge in [-0.05, 0) is 0 Å². The van der Waals surface area contributed by atoms with E-state index in [-0.39, 0.29) is 27.8 Å². The molecule has 0 radical (unpaired) electrons. The number of carbonyl (C=O) groups is 3. The topological polar surface area (TPSA) is 130 Å². The zero-order valence-electron chi connectivity index (χ0n) is 9.37. The summed E-state index contributed by atoms with van der Waals surface area (Å²) in [4.78, 5) is 32.7. The fourth-order valence-corrected chi connectivity index (χ4v) is 2.89. The van der Waals surface area contributed by atoms with Crippen LogP contribution in [0, 0.1) is 0 Å². The predicted molar refractivity (Wildman–Crippen MR) is 66.8 cm³/mol. The number of hydrogen-bond donors (Lipinski definition) is 4. The van der Waals surface area contributed by atoms with E-state index in [1.54, 1.807) is 3.82 Å². The number of carboxylic acids is 2. The number of nitrogens with two attached hydrogens (primary N) is 1. The van der Waals surface area contributed by atoms with Crippen molar-refractivity contribution in [3.63, 3.8) is 0 Å². The Bertz CT molecular complexity index is 337. The molecule has 0 saturated heterocycles. The van der Waals surface area contributed by atoms with Gasteiger partial charge in [-0.15, -0.1) is 0 Å². The third-order valence-electron chi connectivity index (χ3n) is 1.96. The second-order valence-electron chi connectivity index (χ2n) is 3.37. The van der Waals surface area contributed by atoms with Crippen LogP contribution in [-0.4, -0.2) is 74.5 Å². The molecule has 5 N–H and O–H groups in total. The Morgan fingerprint density at radius 1 is 1.33 bits per heavy atom. The molecule has 0 rings (SSSR count). The van der Waals surface area contributed by atoms with Crippen LogP contribution in [0.1, 0.15) is 12.8 Å². The third kappa shape index (κ3) is 7.58. The van der Waals surface area contributed by atoms with E-state index < -0.39 is 29.9 Å². The van der Waals surface area contributed by atoms with Crippen molar-refractivity contribution < 1.29 is 24.6 Å². The van der Waals surface area contributed by atoms with Gasteiger partial charge in [0.1, 0.15) is 0 Å². The van der Waals surface area contributed by atoms with Crippen LogP contribution in [0.15, 0.2) is 0 Å². The van der Waals surface area contributed by atoms with Crippen LogP contribution in [0.2, 0.25) is 5.32 Å². The molecule has 0 aromatic rings. The van der Waals surface area contributed by atoms with Crippen LogP contribution < -0.4 is 11.1 Å². The average molecular weight is 388 g/mol. The third-order valence-corrected chi connectivity index (χ3v) is 4.84. The van der Waals surface area contributed by atoms with Gasteiger partial charge in [0.05, 0.1) is 0 Å². The maximum atomic E-state index is 11.4. The molecule has 0 heterocycles. The number of carbonyl (C=O) groups excluding carboxylic acids is 1. The van der Waals surface area contributed by atoms with Gasteiger partial charge in [0.15, 0.2) is 0 Å². The van der Waals surface area contributed by atoms with E-state index in [4.69, 9.17) is 15.9 Å². The SMILES string of the molecule is N[C@@H](CCC(=O)N[C@H](C[Se]C=[Se])C(=O)O)C(=O)O. The normalized spacial score (nSPS) is 13.4. The fourth-order valence-electron chi connectivity index (χ4n) is 0.987. The van der Waals surface area contributed by atoms with Gasteiger partial charge in [-0.1, -0.05) is 0 Å². The molecule has 0 fully saturated rings. The Kier molecular flexibility index (Phi) is 8.87. The van der Waals surface area contributed by atoms with Gasteiger partial charge in [0.2, 0.25) is 0 Å². The van der Waals surface area contributed by atoms with Gasteiger partial charge in [-0.25, -0.2) is 0 Å². The van der Waals surface area contributed by atoms with E-state index >= 15 is 0 Å². The molecular weight excluding hydrogens is 374 g/mol. The Morgan fingerprint density at radius 3 is 2.39 bits per heavy atom. The molecule has 7 nitrogen and oxygen atoms in total. The quantitative estimate of drug-likeness (QED) is 0.332. The van der Waals surface area contributed by atoms with E-state index in [9.17, 15) is 14.4 Å². The summed E-state index contributed by atoms with van der Waals surface area (Å²) in [6.07, 6.45) is -0.126. The average Bonchev–Trinajstić information content (AvgIpc) is 2.30. The van der Waals surface area contributed by atoms with Crippen molar-refractivity contribution in [2.45, 2.75) is 30.2 Å². The van der Waals surface area contributed by atoms with Crippen molar-refractivity contribution in [2.75, 3.05) is 0 Å². The maximum absolute atomic E-state index is 11.4. The molecule has 0 unspecified atom stereocenters. The number of hydrogen-bond acceptors (Lipinski definition) is 4. The second-order valence-corrected chi connectivity index (χ2v) is 7.27. The van der Waals surface area contributed by atoms with Crippen LogP contribution in [0.25, 0.3) is 0 Å². The molecule has 1 amide bonds. The number of carboxylic acid groups (broad SMARTS) is 2. The van der Waals surface area contributed by atoms with Crippen LogP contribution in [0.4, 0.5) is 0 Å². The van der Waals surface area contributed by atoms with Crippen molar-refractivity contribution in [3.8, 4) is 0 Å². The molecule has 102 valence electrons. The summed E-state index contributed by atoms with van der Waals surface area (Å²) in [6, 6.07) is -2.05. The van der Waals surface area contributed by atoms with Crippen molar-refractivity contribution >= 4 is 52.2 Å². The number of aliphatic carboxylic acids is 2. The Morgan fingerprint density at radius 2 is 1.94 bits per heavy atom. The first-order valence-electron chi connectivity index (χ1n) is 4.94. The molecule has 2 atom stereocenters. The van der Waals surface area contributed by atoms with Gasteiger partial charge in [-0.2, -0.15) is 0 Å². The summed E-state index contributed by atoms with van der Waals surface area (Å²) in [5.74, 6) is -2.79. The predicted octanol–water partition coefficient (Wildman–Crippen LogP) is -2.20. The molecule has 0 aliphatic rings. The zero-order chi connectivity index (χ0) is 14.1.